The Balaban J connectivity index is 2.03. The van der Waals surface area contributed by atoms with Crippen molar-refractivity contribution in [3.63, 3.8) is 0 Å². The number of benzene rings is 2. The maximum absolute atomic E-state index is 12.1. The maximum atomic E-state index is 12.1. The molecule has 0 atom stereocenters. The van der Waals surface area contributed by atoms with E-state index in [1.807, 2.05) is 24.3 Å². The molecule has 0 unspecified atom stereocenters. The number of oxime groups is 1. The van der Waals surface area contributed by atoms with Gasteiger partial charge in [0.2, 0.25) is 0 Å². The van der Waals surface area contributed by atoms with Gasteiger partial charge in [0.15, 0.2) is 0 Å². The van der Waals surface area contributed by atoms with Gasteiger partial charge in [-0.2, -0.15) is 0 Å². The van der Waals surface area contributed by atoms with Gasteiger partial charge in [0.25, 0.3) is 0 Å². The van der Waals surface area contributed by atoms with Crippen LogP contribution in [0.5, 0.6) is 11.5 Å². The summed E-state index contributed by atoms with van der Waals surface area (Å²) in [5.41, 5.74) is 2.13. The highest BCUT2D eigenvalue weighted by atomic mass is 35.5. The van der Waals surface area contributed by atoms with Crippen molar-refractivity contribution in [2.24, 2.45) is 5.16 Å². The molecular weight excluding hydrogens is 330 g/mol. The first-order valence-corrected chi connectivity index (χ1v) is 7.49. The molecule has 5 nitrogen and oxygen atoms in total. The fourth-order valence-corrected chi connectivity index (χ4v) is 2.51. The predicted molar refractivity (Wildman–Crippen MR) is 91.6 cm³/mol. The molecule has 1 aliphatic heterocycles. The summed E-state index contributed by atoms with van der Waals surface area (Å²) in [7, 11) is 3.13. The Morgan fingerprint density at radius 1 is 1.08 bits per heavy atom. The van der Waals surface area contributed by atoms with Gasteiger partial charge >= 0.3 is 5.97 Å². The molecule has 2 aromatic rings. The second-order valence-corrected chi connectivity index (χ2v) is 5.43. The van der Waals surface area contributed by atoms with Gasteiger partial charge in [0, 0.05) is 10.6 Å². The van der Waals surface area contributed by atoms with Crippen molar-refractivity contribution in [1.82, 2.24) is 0 Å². The zero-order valence-corrected chi connectivity index (χ0v) is 13.8. The number of hydrogen-bond acceptors (Lipinski definition) is 5. The van der Waals surface area contributed by atoms with Crippen LogP contribution in [0, 0.1) is 0 Å². The fraction of sp³-hybridized carbons (Fsp3) is 0.111. The molecule has 0 aliphatic carbocycles. The molecule has 0 N–H and O–H groups in total. The number of rotatable bonds is 4. The summed E-state index contributed by atoms with van der Waals surface area (Å²) in [6.45, 7) is 0. The van der Waals surface area contributed by atoms with Crippen molar-refractivity contribution in [3.05, 3.63) is 64.2 Å². The van der Waals surface area contributed by atoms with E-state index in [0.717, 1.165) is 11.3 Å². The Kier molecular flexibility index (Phi) is 4.53. The molecular formula is C18H14ClNO4. The highest BCUT2D eigenvalue weighted by Crippen LogP contribution is 2.29. The fourth-order valence-electron chi connectivity index (χ4n) is 2.34. The van der Waals surface area contributed by atoms with Gasteiger partial charge in [-0.05, 0) is 42.0 Å². The molecule has 0 bridgehead atoms. The molecule has 0 spiro atoms. The van der Waals surface area contributed by atoms with Crippen molar-refractivity contribution in [2.45, 2.75) is 0 Å². The van der Waals surface area contributed by atoms with Gasteiger partial charge in [-0.1, -0.05) is 28.9 Å². The summed E-state index contributed by atoms with van der Waals surface area (Å²) in [5.74, 6) is 0.761. The van der Waals surface area contributed by atoms with E-state index in [1.54, 1.807) is 31.4 Å². The molecule has 1 aliphatic rings. The Morgan fingerprint density at radius 2 is 1.83 bits per heavy atom. The number of carbonyl (C=O) groups excluding carboxylic acids is 1. The zero-order chi connectivity index (χ0) is 17.1. The van der Waals surface area contributed by atoms with Crippen molar-refractivity contribution >= 4 is 29.4 Å². The van der Waals surface area contributed by atoms with Gasteiger partial charge in [-0.25, -0.2) is 4.79 Å². The van der Waals surface area contributed by atoms with Crippen molar-refractivity contribution < 1.29 is 19.1 Å². The highest BCUT2D eigenvalue weighted by molar-refractivity contribution is 6.34. The second kappa shape index (κ2) is 6.76. The minimum absolute atomic E-state index is 0.334. The summed E-state index contributed by atoms with van der Waals surface area (Å²) in [4.78, 5) is 16.9. The van der Waals surface area contributed by atoms with E-state index in [9.17, 15) is 4.79 Å². The minimum atomic E-state index is -0.525. The number of ether oxygens (including phenoxy) is 2. The molecule has 0 saturated heterocycles. The quantitative estimate of drug-likeness (QED) is 0.627. The lowest BCUT2D eigenvalue weighted by Gasteiger charge is -2.08. The van der Waals surface area contributed by atoms with E-state index < -0.39 is 5.97 Å². The van der Waals surface area contributed by atoms with E-state index in [2.05, 4.69) is 5.16 Å². The van der Waals surface area contributed by atoms with E-state index in [-0.39, 0.29) is 0 Å². The second-order valence-electron chi connectivity index (χ2n) is 4.99. The monoisotopic (exact) mass is 343 g/mol. The van der Waals surface area contributed by atoms with Crippen LogP contribution in [0.1, 0.15) is 11.1 Å². The van der Waals surface area contributed by atoms with Crippen LogP contribution in [0.4, 0.5) is 0 Å². The molecule has 0 saturated carbocycles. The average molecular weight is 344 g/mol. The average Bonchev–Trinajstić information content (AvgIpc) is 2.96. The van der Waals surface area contributed by atoms with E-state index in [4.69, 9.17) is 25.9 Å². The minimum Gasteiger partial charge on any atom is -0.497 e. The summed E-state index contributed by atoms with van der Waals surface area (Å²) >= 11 is 6.06. The molecule has 3 rings (SSSR count). The first kappa shape index (κ1) is 16.1. The normalized spacial score (nSPS) is 15.2. The smallest absolute Gasteiger partial charge is 0.368 e. The standard InChI is InChI=1S/C18H14ClNO4/c1-22-13-6-3-11(4-7-13)9-15-17(20-24-18(15)21)14-10-12(19)5-8-16(14)23-2/h3-10H,1-2H3. The van der Waals surface area contributed by atoms with Gasteiger partial charge in [0.1, 0.15) is 17.2 Å². The van der Waals surface area contributed by atoms with Crippen LogP contribution in [0.25, 0.3) is 6.08 Å². The molecule has 122 valence electrons. The third kappa shape index (κ3) is 3.12. The van der Waals surface area contributed by atoms with Gasteiger partial charge in [-0.15, -0.1) is 0 Å². The maximum Gasteiger partial charge on any atom is 0.368 e. The van der Waals surface area contributed by atoms with Crippen LogP contribution >= 0.6 is 11.6 Å². The number of carbonyl (C=O) groups is 1. The molecule has 24 heavy (non-hydrogen) atoms. The lowest BCUT2D eigenvalue weighted by molar-refractivity contribution is -0.136. The molecule has 0 aromatic heterocycles. The van der Waals surface area contributed by atoms with Crippen LogP contribution in [-0.4, -0.2) is 25.9 Å². The topological polar surface area (TPSA) is 57.1 Å². The van der Waals surface area contributed by atoms with Crippen molar-refractivity contribution in [3.8, 4) is 11.5 Å². The van der Waals surface area contributed by atoms with Gasteiger partial charge in [-0.3, -0.25) is 0 Å². The predicted octanol–water partition coefficient (Wildman–Crippen LogP) is 3.70. The lowest BCUT2D eigenvalue weighted by atomic mass is 10.00. The number of nitrogens with zero attached hydrogens (tertiary/aromatic N) is 1. The Hall–Kier alpha value is -2.79. The summed E-state index contributed by atoms with van der Waals surface area (Å²) in [6.07, 6.45) is 1.70. The highest BCUT2D eigenvalue weighted by Gasteiger charge is 2.29. The summed E-state index contributed by atoms with van der Waals surface area (Å²) < 4.78 is 10.5. The van der Waals surface area contributed by atoms with Crippen LogP contribution in [0.15, 0.2) is 53.2 Å². The SMILES string of the molecule is COc1ccc(C=C2C(=O)ON=C2c2cc(Cl)ccc2OC)cc1. The van der Waals surface area contributed by atoms with E-state index in [0.29, 0.717) is 27.6 Å². The zero-order valence-electron chi connectivity index (χ0n) is 13.1. The molecule has 6 heteroatoms. The van der Waals surface area contributed by atoms with Crippen LogP contribution in [-0.2, 0) is 9.63 Å². The number of methoxy groups -OCH3 is 2. The molecule has 2 aromatic carbocycles. The first-order valence-electron chi connectivity index (χ1n) is 7.11. The Labute approximate surface area is 144 Å². The molecule has 0 amide bonds. The van der Waals surface area contributed by atoms with Gasteiger partial charge < -0.3 is 14.3 Å². The van der Waals surface area contributed by atoms with E-state index >= 15 is 0 Å². The van der Waals surface area contributed by atoms with E-state index in [1.165, 1.54) is 7.11 Å². The Morgan fingerprint density at radius 3 is 2.50 bits per heavy atom. The third-order valence-electron chi connectivity index (χ3n) is 3.54. The molecule has 1 heterocycles. The largest absolute Gasteiger partial charge is 0.497 e. The third-order valence-corrected chi connectivity index (χ3v) is 3.77. The lowest BCUT2D eigenvalue weighted by Crippen LogP contribution is -2.08. The van der Waals surface area contributed by atoms with Gasteiger partial charge in [0.05, 0.1) is 19.8 Å². The summed E-state index contributed by atoms with van der Waals surface area (Å²) in [6, 6.07) is 12.4. The summed E-state index contributed by atoms with van der Waals surface area (Å²) in [5, 5.41) is 4.39. The van der Waals surface area contributed by atoms with Crippen LogP contribution in [0.3, 0.4) is 0 Å². The number of hydrogen-bond donors (Lipinski definition) is 0. The van der Waals surface area contributed by atoms with Crippen molar-refractivity contribution in [2.75, 3.05) is 14.2 Å². The Bertz CT molecular complexity index is 841. The van der Waals surface area contributed by atoms with Crippen molar-refractivity contribution in [1.29, 1.82) is 0 Å². The van der Waals surface area contributed by atoms with Crippen LogP contribution in [0.2, 0.25) is 5.02 Å². The first-order chi connectivity index (χ1) is 11.6. The van der Waals surface area contributed by atoms with Crippen LogP contribution < -0.4 is 9.47 Å². The molecule has 0 fully saturated rings. The number of halogens is 1. The molecule has 0 radical (unpaired) electrons.